The van der Waals surface area contributed by atoms with Gasteiger partial charge in [-0.15, -0.1) is 16.9 Å². The van der Waals surface area contributed by atoms with Gasteiger partial charge in [0.2, 0.25) is 5.91 Å². The van der Waals surface area contributed by atoms with Crippen molar-refractivity contribution in [3.8, 4) is 5.69 Å². The zero-order valence-corrected chi connectivity index (χ0v) is 21.6. The molecule has 38 heavy (non-hydrogen) atoms. The van der Waals surface area contributed by atoms with E-state index in [-0.39, 0.29) is 11.8 Å². The Labute approximate surface area is 222 Å². The van der Waals surface area contributed by atoms with Gasteiger partial charge in [0.1, 0.15) is 12.1 Å². The summed E-state index contributed by atoms with van der Waals surface area (Å²) in [5, 5.41) is 8.22. The maximum atomic E-state index is 13.1. The van der Waals surface area contributed by atoms with Gasteiger partial charge < -0.3 is 10.2 Å². The van der Waals surface area contributed by atoms with Crippen LogP contribution in [0.3, 0.4) is 0 Å². The van der Waals surface area contributed by atoms with Crippen molar-refractivity contribution in [2.24, 2.45) is 5.92 Å². The van der Waals surface area contributed by atoms with Crippen LogP contribution in [0.5, 0.6) is 0 Å². The van der Waals surface area contributed by atoms with Crippen LogP contribution >= 0.6 is 11.8 Å². The third-order valence-corrected chi connectivity index (χ3v) is 7.47. The van der Waals surface area contributed by atoms with Crippen LogP contribution in [-0.4, -0.2) is 45.0 Å². The molecule has 0 spiro atoms. The number of benzene rings is 2. The van der Waals surface area contributed by atoms with Crippen molar-refractivity contribution in [2.75, 3.05) is 24.2 Å². The standard InChI is InChI=1S/C27H27F3N6OS/c1-38-22-11-5-18(6-12-22)14-31-26(37)19-4-2-3-13-35(15-19)25-23-16-36(34-24(23)32-17-33-25)21-9-7-20(8-10-21)27(28,29)30/h5-12,16-17,19H,2-4,13-15H2,1H3,(H,31,37). The average Bonchev–Trinajstić information content (AvgIpc) is 3.22. The van der Waals surface area contributed by atoms with Gasteiger partial charge in [-0.3, -0.25) is 4.79 Å². The largest absolute Gasteiger partial charge is 0.416 e. The molecule has 1 fully saturated rings. The number of carbonyl (C=O) groups excluding carboxylic acids is 1. The van der Waals surface area contributed by atoms with Crippen molar-refractivity contribution in [3.05, 3.63) is 72.2 Å². The smallest absolute Gasteiger partial charge is 0.355 e. The second-order valence-corrected chi connectivity index (χ2v) is 10.1. The molecule has 1 aliphatic rings. The maximum absolute atomic E-state index is 13.1. The van der Waals surface area contributed by atoms with Gasteiger partial charge in [0, 0.05) is 30.7 Å². The van der Waals surface area contributed by atoms with Crippen molar-refractivity contribution in [3.63, 3.8) is 0 Å². The summed E-state index contributed by atoms with van der Waals surface area (Å²) >= 11 is 1.68. The van der Waals surface area contributed by atoms with Crippen molar-refractivity contribution in [1.82, 2.24) is 25.1 Å². The van der Waals surface area contributed by atoms with E-state index < -0.39 is 11.7 Å². The van der Waals surface area contributed by atoms with Gasteiger partial charge in [-0.25, -0.2) is 14.6 Å². The summed E-state index contributed by atoms with van der Waals surface area (Å²) in [4.78, 5) is 25.1. The Morgan fingerprint density at radius 3 is 2.55 bits per heavy atom. The molecule has 1 amide bonds. The molecule has 0 radical (unpaired) electrons. The van der Waals surface area contributed by atoms with Gasteiger partial charge in [0.25, 0.3) is 0 Å². The molecule has 1 atom stereocenters. The molecule has 0 bridgehead atoms. The minimum absolute atomic E-state index is 0.0107. The number of hydrogen-bond donors (Lipinski definition) is 1. The van der Waals surface area contributed by atoms with Gasteiger partial charge in [-0.05, 0) is 61.1 Å². The fourth-order valence-electron chi connectivity index (χ4n) is 4.64. The highest BCUT2D eigenvalue weighted by Crippen LogP contribution is 2.31. The predicted octanol–water partition coefficient (Wildman–Crippen LogP) is 5.48. The minimum Gasteiger partial charge on any atom is -0.355 e. The van der Waals surface area contributed by atoms with Crippen LogP contribution in [0.4, 0.5) is 19.0 Å². The van der Waals surface area contributed by atoms with Crippen LogP contribution in [-0.2, 0) is 17.5 Å². The first-order valence-electron chi connectivity index (χ1n) is 12.4. The first kappa shape index (κ1) is 26.0. The fourth-order valence-corrected chi connectivity index (χ4v) is 5.05. The summed E-state index contributed by atoms with van der Waals surface area (Å²) in [6.45, 7) is 1.72. The highest BCUT2D eigenvalue weighted by Gasteiger charge is 2.30. The zero-order valence-electron chi connectivity index (χ0n) is 20.8. The van der Waals surface area contributed by atoms with Crippen molar-refractivity contribution >= 4 is 34.5 Å². The number of hydrogen-bond acceptors (Lipinski definition) is 6. The average molecular weight is 541 g/mol. The van der Waals surface area contributed by atoms with E-state index in [1.165, 1.54) is 28.0 Å². The molecular weight excluding hydrogens is 513 g/mol. The second kappa shape index (κ2) is 11.0. The number of aromatic nitrogens is 4. The van der Waals surface area contributed by atoms with Crippen LogP contribution in [0, 0.1) is 5.92 Å². The lowest BCUT2D eigenvalue weighted by Gasteiger charge is -2.25. The Hall–Kier alpha value is -3.60. The summed E-state index contributed by atoms with van der Waals surface area (Å²) in [6.07, 6.45) is 3.41. The molecule has 1 saturated heterocycles. The van der Waals surface area contributed by atoms with Crippen LogP contribution < -0.4 is 10.2 Å². The monoisotopic (exact) mass is 540 g/mol. The van der Waals surface area contributed by atoms with E-state index in [0.29, 0.717) is 35.6 Å². The molecule has 2 aromatic heterocycles. The highest BCUT2D eigenvalue weighted by atomic mass is 32.2. The number of amides is 1. The first-order chi connectivity index (χ1) is 18.3. The summed E-state index contributed by atoms with van der Waals surface area (Å²) in [5.74, 6) is 0.482. The third kappa shape index (κ3) is 5.77. The van der Waals surface area contributed by atoms with Crippen LogP contribution in [0.25, 0.3) is 16.7 Å². The molecule has 1 N–H and O–H groups in total. The Bertz CT molecular complexity index is 1410. The number of halogens is 3. The molecule has 3 heterocycles. The number of nitrogens with zero attached hydrogens (tertiary/aromatic N) is 5. The molecule has 5 rings (SSSR count). The zero-order chi connectivity index (χ0) is 26.7. The van der Waals surface area contributed by atoms with E-state index in [9.17, 15) is 18.0 Å². The van der Waals surface area contributed by atoms with Gasteiger partial charge in [-0.2, -0.15) is 13.2 Å². The maximum Gasteiger partial charge on any atom is 0.416 e. The first-order valence-corrected chi connectivity index (χ1v) is 13.6. The molecule has 1 unspecified atom stereocenters. The van der Waals surface area contributed by atoms with Crippen molar-refractivity contribution in [1.29, 1.82) is 0 Å². The van der Waals surface area contributed by atoms with Gasteiger partial charge >= 0.3 is 6.18 Å². The predicted molar refractivity (Wildman–Crippen MR) is 141 cm³/mol. The summed E-state index contributed by atoms with van der Waals surface area (Å²) in [6, 6.07) is 13.0. The lowest BCUT2D eigenvalue weighted by Crippen LogP contribution is -2.38. The number of anilines is 1. The summed E-state index contributed by atoms with van der Waals surface area (Å²) in [5.41, 5.74) is 1.26. The number of rotatable bonds is 6. The second-order valence-electron chi connectivity index (χ2n) is 9.26. The molecule has 4 aromatic rings. The third-order valence-electron chi connectivity index (χ3n) is 6.72. The molecule has 7 nitrogen and oxygen atoms in total. The molecule has 198 valence electrons. The van der Waals surface area contributed by atoms with E-state index in [0.717, 1.165) is 43.5 Å². The highest BCUT2D eigenvalue weighted by molar-refractivity contribution is 7.98. The van der Waals surface area contributed by atoms with Crippen LogP contribution in [0.2, 0.25) is 0 Å². The minimum atomic E-state index is -4.40. The Kier molecular flexibility index (Phi) is 7.55. The normalized spacial score (nSPS) is 16.4. The lowest BCUT2D eigenvalue weighted by atomic mass is 10.0. The van der Waals surface area contributed by atoms with Gasteiger partial charge in [-0.1, -0.05) is 18.6 Å². The number of alkyl halides is 3. The lowest BCUT2D eigenvalue weighted by molar-refractivity contribution is -0.137. The number of nitrogens with one attached hydrogen (secondary N) is 1. The molecule has 0 saturated carbocycles. The Morgan fingerprint density at radius 1 is 1.08 bits per heavy atom. The van der Waals surface area contributed by atoms with E-state index in [1.807, 2.05) is 30.5 Å². The van der Waals surface area contributed by atoms with E-state index in [2.05, 4.69) is 25.3 Å². The number of carbonyl (C=O) groups is 1. The van der Waals surface area contributed by atoms with Crippen LogP contribution in [0.15, 0.2) is 66.0 Å². The number of thioether (sulfide) groups is 1. The quantitative estimate of drug-likeness (QED) is 0.327. The fraction of sp³-hybridized carbons (Fsp3) is 0.333. The van der Waals surface area contributed by atoms with Gasteiger partial charge in [0.05, 0.1) is 22.6 Å². The Balaban J connectivity index is 1.33. The van der Waals surface area contributed by atoms with E-state index >= 15 is 0 Å². The van der Waals surface area contributed by atoms with Crippen LogP contribution in [0.1, 0.15) is 30.4 Å². The summed E-state index contributed by atoms with van der Waals surface area (Å²) in [7, 11) is 0. The molecule has 2 aromatic carbocycles. The topological polar surface area (TPSA) is 75.9 Å². The van der Waals surface area contributed by atoms with E-state index in [1.54, 1.807) is 18.0 Å². The molecule has 11 heteroatoms. The SMILES string of the molecule is CSc1ccc(CNC(=O)C2CCCCN(c3ncnc4nn(-c5ccc(C(F)(F)F)cc5)cc34)C2)cc1. The molecule has 1 aliphatic heterocycles. The van der Waals surface area contributed by atoms with Gasteiger partial charge in [0.15, 0.2) is 5.65 Å². The molecule has 0 aliphatic carbocycles. The van der Waals surface area contributed by atoms with Crippen molar-refractivity contribution in [2.45, 2.75) is 36.9 Å². The van der Waals surface area contributed by atoms with E-state index in [4.69, 9.17) is 0 Å². The van der Waals surface area contributed by atoms with Crippen molar-refractivity contribution < 1.29 is 18.0 Å². The molecular formula is C27H27F3N6OS. The Morgan fingerprint density at radius 2 is 1.84 bits per heavy atom. The summed E-state index contributed by atoms with van der Waals surface area (Å²) < 4.78 is 40.4. The number of fused-ring (bicyclic) bond motifs is 1.